The molecule has 0 spiro atoms. The van der Waals surface area contributed by atoms with Gasteiger partial charge in [-0.3, -0.25) is 4.79 Å². The summed E-state index contributed by atoms with van der Waals surface area (Å²) in [6.07, 6.45) is 0. The molecule has 1 amide bonds. The largest absolute Gasteiger partial charge is 0.478 e. The molecule has 0 saturated carbocycles. The molecule has 0 aliphatic rings. The van der Waals surface area contributed by atoms with Gasteiger partial charge in [-0.05, 0) is 41.5 Å². The van der Waals surface area contributed by atoms with Gasteiger partial charge in [-0.1, -0.05) is 48.5 Å². The van der Waals surface area contributed by atoms with E-state index in [0.717, 1.165) is 11.1 Å². The van der Waals surface area contributed by atoms with Gasteiger partial charge in [0.2, 0.25) is 0 Å². The van der Waals surface area contributed by atoms with Crippen LogP contribution in [0.4, 0.5) is 5.69 Å². The molecule has 0 bridgehead atoms. The number of carbonyl (C=O) groups excluding carboxylic acids is 1. The Hall–Kier alpha value is -3.44. The fourth-order valence-electron chi connectivity index (χ4n) is 2.54. The molecule has 0 aromatic heterocycles. The molecule has 0 fully saturated rings. The Kier molecular flexibility index (Phi) is 5.97. The van der Waals surface area contributed by atoms with E-state index in [-0.39, 0.29) is 11.5 Å². The summed E-state index contributed by atoms with van der Waals surface area (Å²) in [5.74, 6) is -1.42. The van der Waals surface area contributed by atoms with Crippen LogP contribution >= 0.6 is 0 Å². The van der Waals surface area contributed by atoms with Crippen LogP contribution in [0.15, 0.2) is 78.9 Å². The number of ether oxygens (including phenoxy) is 1. The van der Waals surface area contributed by atoms with E-state index in [9.17, 15) is 9.59 Å². The Labute approximate surface area is 157 Å². The van der Waals surface area contributed by atoms with Crippen molar-refractivity contribution in [3.05, 3.63) is 101 Å². The lowest BCUT2D eigenvalue weighted by Gasteiger charge is -2.08. The number of benzene rings is 3. The van der Waals surface area contributed by atoms with E-state index in [4.69, 9.17) is 9.84 Å². The van der Waals surface area contributed by atoms with Gasteiger partial charge < -0.3 is 15.2 Å². The van der Waals surface area contributed by atoms with Crippen LogP contribution in [0.5, 0.6) is 0 Å². The van der Waals surface area contributed by atoms with Crippen molar-refractivity contribution in [1.29, 1.82) is 0 Å². The number of nitrogens with one attached hydrogen (secondary N) is 1. The van der Waals surface area contributed by atoms with Gasteiger partial charge in [0.15, 0.2) is 0 Å². The highest BCUT2D eigenvalue weighted by Crippen LogP contribution is 2.14. The van der Waals surface area contributed by atoms with Crippen molar-refractivity contribution in [2.24, 2.45) is 0 Å². The van der Waals surface area contributed by atoms with Crippen molar-refractivity contribution in [3.63, 3.8) is 0 Å². The standard InChI is InChI=1S/C22H19NO4/c24-21(18-7-4-8-19(13-18)22(25)26)23-20-11-9-17(10-12-20)15-27-14-16-5-2-1-3-6-16/h1-13H,14-15H2,(H,23,24)(H,25,26). The number of carboxylic acids is 1. The van der Waals surface area contributed by atoms with Crippen LogP contribution < -0.4 is 5.32 Å². The second-order valence-corrected chi connectivity index (χ2v) is 6.02. The first-order chi connectivity index (χ1) is 13.1. The van der Waals surface area contributed by atoms with E-state index in [2.05, 4.69) is 5.32 Å². The second-order valence-electron chi connectivity index (χ2n) is 6.02. The molecular formula is C22H19NO4. The Morgan fingerprint density at radius 3 is 2.07 bits per heavy atom. The third-order valence-corrected chi connectivity index (χ3v) is 3.96. The number of carboxylic acid groups (broad SMARTS) is 1. The van der Waals surface area contributed by atoms with Crippen LogP contribution in [0.25, 0.3) is 0 Å². The second kappa shape index (κ2) is 8.78. The van der Waals surface area contributed by atoms with E-state index in [0.29, 0.717) is 24.5 Å². The maximum absolute atomic E-state index is 12.3. The van der Waals surface area contributed by atoms with Crippen molar-refractivity contribution in [1.82, 2.24) is 0 Å². The zero-order chi connectivity index (χ0) is 19.1. The monoisotopic (exact) mass is 361 g/mol. The zero-order valence-electron chi connectivity index (χ0n) is 14.6. The molecule has 3 aromatic carbocycles. The number of amides is 1. The summed E-state index contributed by atoms with van der Waals surface area (Å²) in [7, 11) is 0. The summed E-state index contributed by atoms with van der Waals surface area (Å²) < 4.78 is 5.69. The number of anilines is 1. The molecule has 2 N–H and O–H groups in total. The Balaban J connectivity index is 1.55. The van der Waals surface area contributed by atoms with Crippen LogP contribution in [0.2, 0.25) is 0 Å². The van der Waals surface area contributed by atoms with E-state index < -0.39 is 5.97 Å². The van der Waals surface area contributed by atoms with E-state index >= 15 is 0 Å². The molecule has 0 aliphatic heterocycles. The predicted molar refractivity (Wildman–Crippen MR) is 103 cm³/mol. The van der Waals surface area contributed by atoms with Crippen LogP contribution in [0.1, 0.15) is 31.8 Å². The summed E-state index contributed by atoms with van der Waals surface area (Å²) >= 11 is 0. The van der Waals surface area contributed by atoms with E-state index in [1.54, 1.807) is 24.3 Å². The fraction of sp³-hybridized carbons (Fsp3) is 0.0909. The molecule has 0 saturated heterocycles. The van der Waals surface area contributed by atoms with Crippen molar-refractivity contribution in [2.75, 3.05) is 5.32 Å². The van der Waals surface area contributed by atoms with Crippen molar-refractivity contribution >= 4 is 17.6 Å². The topological polar surface area (TPSA) is 75.6 Å². The molecule has 0 unspecified atom stereocenters. The van der Waals surface area contributed by atoms with Crippen LogP contribution in [0, 0.1) is 0 Å². The molecule has 0 atom stereocenters. The Morgan fingerprint density at radius 1 is 0.778 bits per heavy atom. The Morgan fingerprint density at radius 2 is 1.41 bits per heavy atom. The average molecular weight is 361 g/mol. The SMILES string of the molecule is O=C(O)c1cccc(C(=O)Nc2ccc(COCc3ccccc3)cc2)c1. The fourth-order valence-corrected chi connectivity index (χ4v) is 2.54. The first-order valence-corrected chi connectivity index (χ1v) is 8.47. The molecular weight excluding hydrogens is 342 g/mol. The molecule has 3 rings (SSSR count). The Bertz CT molecular complexity index is 921. The number of hydrogen-bond donors (Lipinski definition) is 2. The minimum absolute atomic E-state index is 0.0774. The minimum atomic E-state index is -1.07. The number of hydrogen-bond acceptors (Lipinski definition) is 3. The molecule has 3 aromatic rings. The third-order valence-electron chi connectivity index (χ3n) is 3.96. The lowest BCUT2D eigenvalue weighted by Crippen LogP contribution is -2.12. The van der Waals surface area contributed by atoms with Crippen LogP contribution in [-0.2, 0) is 18.0 Å². The lowest BCUT2D eigenvalue weighted by atomic mass is 10.1. The zero-order valence-corrected chi connectivity index (χ0v) is 14.6. The summed E-state index contributed by atoms with van der Waals surface area (Å²) in [5.41, 5.74) is 3.12. The van der Waals surface area contributed by atoms with Gasteiger partial charge in [0.1, 0.15) is 0 Å². The van der Waals surface area contributed by atoms with E-state index in [1.165, 1.54) is 12.1 Å². The first-order valence-electron chi connectivity index (χ1n) is 8.47. The molecule has 27 heavy (non-hydrogen) atoms. The smallest absolute Gasteiger partial charge is 0.335 e. The third kappa shape index (κ3) is 5.26. The average Bonchev–Trinajstić information content (AvgIpc) is 2.70. The van der Waals surface area contributed by atoms with Gasteiger partial charge in [0.05, 0.1) is 18.8 Å². The molecule has 0 radical (unpaired) electrons. The molecule has 136 valence electrons. The van der Waals surface area contributed by atoms with Crippen LogP contribution in [0.3, 0.4) is 0 Å². The quantitative estimate of drug-likeness (QED) is 0.656. The van der Waals surface area contributed by atoms with Crippen molar-refractivity contribution < 1.29 is 19.4 Å². The van der Waals surface area contributed by atoms with Crippen LogP contribution in [-0.4, -0.2) is 17.0 Å². The molecule has 5 heteroatoms. The van der Waals surface area contributed by atoms with Gasteiger partial charge in [-0.25, -0.2) is 4.79 Å². The van der Waals surface area contributed by atoms with E-state index in [1.807, 2.05) is 42.5 Å². The highest BCUT2D eigenvalue weighted by atomic mass is 16.5. The van der Waals surface area contributed by atoms with Gasteiger partial charge >= 0.3 is 5.97 Å². The normalized spacial score (nSPS) is 10.4. The lowest BCUT2D eigenvalue weighted by molar-refractivity contribution is 0.0697. The molecule has 0 heterocycles. The van der Waals surface area contributed by atoms with Gasteiger partial charge in [-0.15, -0.1) is 0 Å². The number of carbonyl (C=O) groups is 2. The minimum Gasteiger partial charge on any atom is -0.478 e. The van der Waals surface area contributed by atoms with Crippen molar-refractivity contribution in [3.8, 4) is 0 Å². The summed E-state index contributed by atoms with van der Waals surface area (Å²) in [5, 5.41) is 11.8. The molecule has 0 aliphatic carbocycles. The van der Waals surface area contributed by atoms with Gasteiger partial charge in [0, 0.05) is 11.3 Å². The number of rotatable bonds is 7. The van der Waals surface area contributed by atoms with Gasteiger partial charge in [-0.2, -0.15) is 0 Å². The predicted octanol–water partition coefficient (Wildman–Crippen LogP) is 4.35. The highest BCUT2D eigenvalue weighted by molar-refractivity contribution is 6.05. The highest BCUT2D eigenvalue weighted by Gasteiger charge is 2.09. The number of aromatic carboxylic acids is 1. The summed E-state index contributed by atoms with van der Waals surface area (Å²) in [4.78, 5) is 23.3. The first kappa shape index (κ1) is 18.4. The summed E-state index contributed by atoms with van der Waals surface area (Å²) in [6, 6.07) is 23.2. The summed E-state index contributed by atoms with van der Waals surface area (Å²) in [6.45, 7) is 1.02. The molecule has 5 nitrogen and oxygen atoms in total. The maximum Gasteiger partial charge on any atom is 0.335 e. The maximum atomic E-state index is 12.3. The van der Waals surface area contributed by atoms with Crippen molar-refractivity contribution in [2.45, 2.75) is 13.2 Å². The van der Waals surface area contributed by atoms with Gasteiger partial charge in [0.25, 0.3) is 5.91 Å².